The maximum Gasteiger partial charge on any atom is 0.0515 e. The molecule has 0 saturated heterocycles. The van der Waals surface area contributed by atoms with Gasteiger partial charge in [-0.3, -0.25) is 0 Å². The number of aliphatic hydroxyl groups excluding tert-OH is 1. The van der Waals surface area contributed by atoms with E-state index in [4.69, 9.17) is 5.11 Å². The third-order valence-electron chi connectivity index (χ3n) is 1.39. The van der Waals surface area contributed by atoms with Crippen LogP contribution in [0, 0.1) is 0 Å². The summed E-state index contributed by atoms with van der Waals surface area (Å²) in [5, 5.41) is 10.9. The Balaban J connectivity index is 2.64. The molecule has 1 aromatic heterocycles. The highest BCUT2D eigenvalue weighted by atomic mass is 32.1. The van der Waals surface area contributed by atoms with Crippen molar-refractivity contribution in [2.45, 2.75) is 5.92 Å². The first kappa shape index (κ1) is 8.11. The molecule has 0 spiro atoms. The molecule has 10 heavy (non-hydrogen) atoms. The van der Waals surface area contributed by atoms with Crippen LogP contribution >= 0.6 is 24.0 Å². The smallest absolute Gasteiger partial charge is 0.0515 e. The minimum absolute atomic E-state index is 0.198. The Labute approximate surface area is 70.1 Å². The van der Waals surface area contributed by atoms with Crippen LogP contribution in [-0.4, -0.2) is 17.5 Å². The molecule has 1 N–H and O–H groups in total. The molecule has 1 atom stereocenters. The molecule has 1 unspecified atom stereocenters. The monoisotopic (exact) mass is 174 g/mol. The molecule has 0 aliphatic heterocycles. The zero-order valence-electron chi connectivity index (χ0n) is 5.53. The van der Waals surface area contributed by atoms with Crippen LogP contribution in [0.5, 0.6) is 0 Å². The van der Waals surface area contributed by atoms with Crippen molar-refractivity contribution in [3.63, 3.8) is 0 Å². The molecule has 3 heteroatoms. The molecule has 1 aromatic rings. The van der Waals surface area contributed by atoms with Crippen LogP contribution in [0.2, 0.25) is 0 Å². The van der Waals surface area contributed by atoms with E-state index >= 15 is 0 Å². The summed E-state index contributed by atoms with van der Waals surface area (Å²) in [6, 6.07) is 4.02. The second kappa shape index (κ2) is 4.01. The highest BCUT2D eigenvalue weighted by Crippen LogP contribution is 2.21. The Hall–Kier alpha value is 0.01000. The third-order valence-corrected chi connectivity index (χ3v) is 2.86. The molecule has 1 nitrogen and oxygen atoms in total. The Morgan fingerprint density at radius 2 is 2.50 bits per heavy atom. The van der Waals surface area contributed by atoms with Crippen molar-refractivity contribution in [1.29, 1.82) is 0 Å². The molecule has 0 radical (unpaired) electrons. The topological polar surface area (TPSA) is 20.2 Å². The van der Waals surface area contributed by atoms with Crippen molar-refractivity contribution in [2.75, 3.05) is 12.4 Å². The van der Waals surface area contributed by atoms with Gasteiger partial charge in [-0.2, -0.15) is 12.6 Å². The van der Waals surface area contributed by atoms with E-state index in [1.165, 1.54) is 4.88 Å². The average molecular weight is 174 g/mol. The molecule has 1 rings (SSSR count). The third kappa shape index (κ3) is 1.75. The fraction of sp³-hybridized carbons (Fsp3) is 0.429. The molecule has 0 aliphatic rings. The van der Waals surface area contributed by atoms with E-state index in [0.29, 0.717) is 0 Å². The van der Waals surface area contributed by atoms with Crippen molar-refractivity contribution < 1.29 is 5.11 Å². The predicted molar refractivity (Wildman–Crippen MR) is 48.0 cm³/mol. The molecule has 0 amide bonds. The summed E-state index contributed by atoms with van der Waals surface area (Å²) in [6.45, 7) is 0.198. The van der Waals surface area contributed by atoms with Crippen molar-refractivity contribution >= 4 is 24.0 Å². The van der Waals surface area contributed by atoms with E-state index in [2.05, 4.69) is 12.6 Å². The summed E-state index contributed by atoms with van der Waals surface area (Å²) in [5.41, 5.74) is 0. The van der Waals surface area contributed by atoms with E-state index < -0.39 is 0 Å². The lowest BCUT2D eigenvalue weighted by Crippen LogP contribution is -2.02. The molecule has 56 valence electrons. The highest BCUT2D eigenvalue weighted by Gasteiger charge is 2.07. The first-order valence-corrected chi connectivity index (χ1v) is 4.64. The first-order valence-electron chi connectivity index (χ1n) is 3.13. The van der Waals surface area contributed by atoms with Gasteiger partial charge in [-0.05, 0) is 11.4 Å². The lowest BCUT2D eigenvalue weighted by Gasteiger charge is -2.06. The van der Waals surface area contributed by atoms with Crippen molar-refractivity contribution in [3.8, 4) is 0 Å². The van der Waals surface area contributed by atoms with Crippen LogP contribution in [0.15, 0.2) is 17.5 Å². The zero-order chi connectivity index (χ0) is 7.40. The lowest BCUT2D eigenvalue weighted by molar-refractivity contribution is 0.276. The Morgan fingerprint density at radius 3 is 2.90 bits per heavy atom. The number of aliphatic hydroxyl groups is 1. The summed E-state index contributed by atoms with van der Waals surface area (Å²) in [7, 11) is 0. The Bertz CT molecular complexity index is 168. The van der Waals surface area contributed by atoms with Gasteiger partial charge in [0.2, 0.25) is 0 Å². The molecule has 0 fully saturated rings. The molecule has 1 heterocycles. The molecular weight excluding hydrogens is 164 g/mol. The molecule has 0 bridgehead atoms. The number of rotatable bonds is 3. The number of hydrogen-bond acceptors (Lipinski definition) is 3. The fourth-order valence-electron chi connectivity index (χ4n) is 0.761. The Kier molecular flexibility index (Phi) is 3.25. The van der Waals surface area contributed by atoms with Gasteiger partial charge in [0, 0.05) is 16.5 Å². The molecule has 0 saturated carbocycles. The first-order chi connectivity index (χ1) is 4.88. The summed E-state index contributed by atoms with van der Waals surface area (Å²) in [5.74, 6) is 0.945. The van der Waals surface area contributed by atoms with Crippen LogP contribution in [0.25, 0.3) is 0 Å². The highest BCUT2D eigenvalue weighted by molar-refractivity contribution is 7.80. The largest absolute Gasteiger partial charge is 0.396 e. The summed E-state index contributed by atoms with van der Waals surface area (Å²) in [4.78, 5) is 1.22. The summed E-state index contributed by atoms with van der Waals surface area (Å²) in [6.07, 6.45) is 0. The van der Waals surface area contributed by atoms with Gasteiger partial charge in [-0.15, -0.1) is 11.3 Å². The van der Waals surface area contributed by atoms with E-state index in [9.17, 15) is 0 Å². The fourth-order valence-corrected chi connectivity index (χ4v) is 2.02. The van der Waals surface area contributed by atoms with Crippen LogP contribution < -0.4 is 0 Å². The maximum absolute atomic E-state index is 8.86. The van der Waals surface area contributed by atoms with E-state index in [-0.39, 0.29) is 12.5 Å². The van der Waals surface area contributed by atoms with Gasteiger partial charge >= 0.3 is 0 Å². The number of thiophene rings is 1. The van der Waals surface area contributed by atoms with Crippen LogP contribution in [-0.2, 0) is 0 Å². The zero-order valence-corrected chi connectivity index (χ0v) is 7.24. The van der Waals surface area contributed by atoms with Gasteiger partial charge in [0.05, 0.1) is 6.61 Å². The van der Waals surface area contributed by atoms with Crippen LogP contribution in [0.1, 0.15) is 10.8 Å². The minimum Gasteiger partial charge on any atom is -0.396 e. The minimum atomic E-state index is 0.198. The predicted octanol–water partition coefficient (Wildman–Crippen LogP) is 1.75. The van der Waals surface area contributed by atoms with Crippen molar-refractivity contribution in [2.24, 2.45) is 0 Å². The maximum atomic E-state index is 8.86. The van der Waals surface area contributed by atoms with Gasteiger partial charge in [0.15, 0.2) is 0 Å². The van der Waals surface area contributed by atoms with Gasteiger partial charge < -0.3 is 5.11 Å². The van der Waals surface area contributed by atoms with E-state index in [0.717, 1.165) is 5.75 Å². The molecule has 0 aromatic carbocycles. The number of hydrogen-bond donors (Lipinski definition) is 2. The standard InChI is InChI=1S/C7H10OS2/c8-4-6(5-9)7-2-1-3-10-7/h1-3,6,8-9H,4-5H2. The second-order valence-corrected chi connectivity index (χ2v) is 3.42. The van der Waals surface area contributed by atoms with Crippen molar-refractivity contribution in [1.82, 2.24) is 0 Å². The summed E-state index contributed by atoms with van der Waals surface area (Å²) >= 11 is 5.80. The molecular formula is C7H10OS2. The lowest BCUT2D eigenvalue weighted by atomic mass is 10.1. The normalized spacial score (nSPS) is 13.4. The van der Waals surface area contributed by atoms with Gasteiger partial charge in [0.25, 0.3) is 0 Å². The van der Waals surface area contributed by atoms with Gasteiger partial charge in [-0.1, -0.05) is 6.07 Å². The Morgan fingerprint density at radius 1 is 1.70 bits per heavy atom. The van der Waals surface area contributed by atoms with Gasteiger partial charge in [0.1, 0.15) is 0 Å². The quantitative estimate of drug-likeness (QED) is 0.669. The average Bonchev–Trinajstić information content (AvgIpc) is 2.43. The van der Waals surface area contributed by atoms with Crippen LogP contribution in [0.3, 0.4) is 0 Å². The molecule has 0 aliphatic carbocycles. The van der Waals surface area contributed by atoms with Crippen LogP contribution in [0.4, 0.5) is 0 Å². The van der Waals surface area contributed by atoms with Crippen molar-refractivity contribution in [3.05, 3.63) is 22.4 Å². The van der Waals surface area contributed by atoms with E-state index in [1.54, 1.807) is 11.3 Å². The number of thiol groups is 1. The SMILES string of the molecule is OCC(CS)c1cccs1. The van der Waals surface area contributed by atoms with E-state index in [1.807, 2.05) is 17.5 Å². The summed E-state index contributed by atoms with van der Waals surface area (Å²) < 4.78 is 0. The van der Waals surface area contributed by atoms with Gasteiger partial charge in [-0.25, -0.2) is 0 Å². The second-order valence-electron chi connectivity index (χ2n) is 2.08.